The highest BCUT2D eigenvalue weighted by Gasteiger charge is 2.27. The van der Waals surface area contributed by atoms with E-state index in [9.17, 15) is 8.42 Å². The summed E-state index contributed by atoms with van der Waals surface area (Å²) in [5, 5.41) is 7.39. The first kappa shape index (κ1) is 31.9. The summed E-state index contributed by atoms with van der Waals surface area (Å²) < 4.78 is 34.0. The largest absolute Gasteiger partial charge is 0.491 e. The van der Waals surface area contributed by atoms with Crippen LogP contribution < -0.4 is 19.7 Å². The van der Waals surface area contributed by atoms with Gasteiger partial charge in [-0.25, -0.2) is 8.42 Å². The summed E-state index contributed by atoms with van der Waals surface area (Å²) in [7, 11) is -2.08. The number of halogens is 2. The molecule has 0 aliphatic carbocycles. The van der Waals surface area contributed by atoms with Gasteiger partial charge in [0.25, 0.3) is 10.0 Å². The second kappa shape index (κ2) is 14.2. The molecule has 4 rings (SSSR count). The Morgan fingerprint density at radius 1 is 1.03 bits per heavy atom. The molecule has 0 saturated carbocycles. The predicted molar refractivity (Wildman–Crippen MR) is 161 cm³/mol. The molecule has 3 aromatic rings. The van der Waals surface area contributed by atoms with Gasteiger partial charge < -0.3 is 15.4 Å². The standard InChI is InChI=1S/C29H37N3O3S.2ClH/c1-21(2)35-28-17-14-25(32(4)36(33,34)26-15-12-22(3)13-16-26)19-24(28)20-31-27-11-8-18-30-29(27)23-9-6-5-7-10-23;;/h5-7,9-10,12-17,19,21,27,29-31H,8,11,18,20H2,1-4H3;2*1H/t27-,29-;;/m1../s1. The number of nitrogens with one attached hydrogen (secondary N) is 2. The number of hydrogen-bond donors (Lipinski definition) is 2. The summed E-state index contributed by atoms with van der Waals surface area (Å²) in [4.78, 5) is 0.275. The van der Waals surface area contributed by atoms with Gasteiger partial charge in [-0.3, -0.25) is 4.31 Å². The normalized spacial score (nSPS) is 17.3. The zero-order chi connectivity index (χ0) is 25.7. The van der Waals surface area contributed by atoms with Crippen LogP contribution in [0.4, 0.5) is 5.69 Å². The number of ether oxygens (including phenoxy) is 1. The SMILES string of the molecule is Cc1ccc(S(=O)(=O)N(C)c2ccc(OC(C)C)c(CN[C@@H]3CCCN[C@@H]3c3ccccc3)c2)cc1.Cl.Cl. The van der Waals surface area contributed by atoms with Crippen LogP contribution in [-0.4, -0.2) is 34.2 Å². The first-order valence-corrected chi connectivity index (χ1v) is 14.1. The lowest BCUT2D eigenvalue weighted by molar-refractivity contribution is 0.238. The molecule has 0 radical (unpaired) electrons. The molecule has 2 N–H and O–H groups in total. The number of aryl methyl sites for hydroxylation is 1. The van der Waals surface area contributed by atoms with Crippen LogP contribution in [0.5, 0.6) is 5.75 Å². The Labute approximate surface area is 240 Å². The Morgan fingerprint density at radius 3 is 2.37 bits per heavy atom. The van der Waals surface area contributed by atoms with Crippen LogP contribution in [0.25, 0.3) is 0 Å². The van der Waals surface area contributed by atoms with Crippen molar-refractivity contribution in [3.8, 4) is 5.75 Å². The smallest absolute Gasteiger partial charge is 0.264 e. The van der Waals surface area contributed by atoms with Crippen LogP contribution >= 0.6 is 24.8 Å². The molecule has 3 aromatic carbocycles. The van der Waals surface area contributed by atoms with Gasteiger partial charge in [-0.15, -0.1) is 24.8 Å². The molecule has 1 aliphatic rings. The molecule has 0 aromatic heterocycles. The van der Waals surface area contributed by atoms with E-state index >= 15 is 0 Å². The van der Waals surface area contributed by atoms with Gasteiger partial charge in [0.15, 0.2) is 0 Å². The van der Waals surface area contributed by atoms with Crippen LogP contribution in [0, 0.1) is 6.92 Å². The summed E-state index contributed by atoms with van der Waals surface area (Å²) in [6, 6.07) is 23.5. The summed E-state index contributed by atoms with van der Waals surface area (Å²) in [5.74, 6) is 0.766. The topological polar surface area (TPSA) is 70.7 Å². The summed E-state index contributed by atoms with van der Waals surface area (Å²) in [6.45, 7) is 7.50. The van der Waals surface area contributed by atoms with Crippen molar-refractivity contribution in [1.29, 1.82) is 0 Å². The minimum absolute atomic E-state index is 0. The zero-order valence-corrected chi connectivity index (χ0v) is 24.8. The molecular formula is C29H39Cl2N3O3S. The quantitative estimate of drug-likeness (QED) is 0.323. The molecule has 2 atom stereocenters. The van der Waals surface area contributed by atoms with Gasteiger partial charge in [-0.05, 0) is 76.1 Å². The van der Waals surface area contributed by atoms with Crippen LogP contribution in [0.1, 0.15) is 49.4 Å². The minimum Gasteiger partial charge on any atom is -0.491 e. The van der Waals surface area contributed by atoms with Gasteiger partial charge in [-0.1, -0.05) is 48.0 Å². The Morgan fingerprint density at radius 2 is 1.71 bits per heavy atom. The summed E-state index contributed by atoms with van der Waals surface area (Å²) >= 11 is 0. The molecule has 6 nitrogen and oxygen atoms in total. The molecule has 1 heterocycles. The third-order valence-electron chi connectivity index (χ3n) is 6.62. The molecule has 0 bridgehead atoms. The van der Waals surface area contributed by atoms with Crippen molar-refractivity contribution in [2.45, 2.75) is 63.2 Å². The lowest BCUT2D eigenvalue weighted by Gasteiger charge is -2.34. The monoisotopic (exact) mass is 579 g/mol. The highest BCUT2D eigenvalue weighted by molar-refractivity contribution is 7.92. The molecule has 208 valence electrons. The van der Waals surface area contributed by atoms with E-state index in [1.165, 1.54) is 9.87 Å². The van der Waals surface area contributed by atoms with Crippen LogP contribution in [0.2, 0.25) is 0 Å². The van der Waals surface area contributed by atoms with Gasteiger partial charge in [-0.2, -0.15) is 0 Å². The summed E-state index contributed by atoms with van der Waals surface area (Å²) in [5.41, 5.74) is 3.83. The second-order valence-electron chi connectivity index (χ2n) is 9.72. The average molecular weight is 581 g/mol. The van der Waals surface area contributed by atoms with Crippen LogP contribution in [-0.2, 0) is 16.6 Å². The van der Waals surface area contributed by atoms with Gasteiger partial charge >= 0.3 is 0 Å². The van der Waals surface area contributed by atoms with Crippen molar-refractivity contribution >= 4 is 40.5 Å². The first-order valence-electron chi connectivity index (χ1n) is 12.6. The number of piperidine rings is 1. The fourth-order valence-electron chi connectivity index (χ4n) is 4.64. The van der Waals surface area contributed by atoms with Crippen molar-refractivity contribution < 1.29 is 13.2 Å². The highest BCUT2D eigenvalue weighted by atomic mass is 35.5. The van der Waals surface area contributed by atoms with Crippen molar-refractivity contribution in [3.05, 3.63) is 89.5 Å². The molecule has 9 heteroatoms. The van der Waals surface area contributed by atoms with E-state index in [0.29, 0.717) is 12.2 Å². The first-order chi connectivity index (χ1) is 17.3. The van der Waals surface area contributed by atoms with E-state index in [4.69, 9.17) is 4.74 Å². The predicted octanol–water partition coefficient (Wildman–Crippen LogP) is 6.03. The van der Waals surface area contributed by atoms with Gasteiger partial charge in [0.05, 0.1) is 16.7 Å². The van der Waals surface area contributed by atoms with E-state index in [1.54, 1.807) is 19.2 Å². The number of sulfonamides is 1. The van der Waals surface area contributed by atoms with Crippen LogP contribution in [0.15, 0.2) is 77.7 Å². The van der Waals surface area contributed by atoms with E-state index in [0.717, 1.165) is 36.3 Å². The zero-order valence-electron chi connectivity index (χ0n) is 22.4. The molecule has 0 spiro atoms. The second-order valence-corrected chi connectivity index (χ2v) is 11.7. The van der Waals surface area contributed by atoms with Crippen molar-refractivity contribution in [2.75, 3.05) is 17.9 Å². The molecule has 1 fully saturated rings. The number of hydrogen-bond acceptors (Lipinski definition) is 5. The lowest BCUT2D eigenvalue weighted by atomic mass is 9.92. The Balaban J connectivity index is 0.00000253. The molecule has 0 amide bonds. The van der Waals surface area contributed by atoms with E-state index < -0.39 is 10.0 Å². The fourth-order valence-corrected chi connectivity index (χ4v) is 5.82. The van der Waals surface area contributed by atoms with Crippen molar-refractivity contribution in [3.63, 3.8) is 0 Å². The number of nitrogens with zero attached hydrogens (tertiary/aromatic N) is 1. The maximum absolute atomic E-state index is 13.3. The van der Waals surface area contributed by atoms with Gasteiger partial charge in [0.1, 0.15) is 5.75 Å². The average Bonchev–Trinajstić information content (AvgIpc) is 2.88. The molecule has 1 saturated heterocycles. The number of anilines is 1. The molecule has 38 heavy (non-hydrogen) atoms. The number of rotatable bonds is 9. The van der Waals surface area contributed by atoms with Gasteiger partial charge in [0, 0.05) is 31.2 Å². The molecular weight excluding hydrogens is 541 g/mol. The lowest BCUT2D eigenvalue weighted by Crippen LogP contribution is -2.45. The Kier molecular flexibility index (Phi) is 11.9. The van der Waals surface area contributed by atoms with E-state index in [1.807, 2.05) is 57.2 Å². The fraction of sp³-hybridized carbons (Fsp3) is 0.379. The minimum atomic E-state index is -3.68. The molecule has 0 unspecified atom stereocenters. The third kappa shape index (κ3) is 7.64. The van der Waals surface area contributed by atoms with E-state index in [-0.39, 0.29) is 47.9 Å². The van der Waals surface area contributed by atoms with Gasteiger partial charge in [0.2, 0.25) is 0 Å². The summed E-state index contributed by atoms with van der Waals surface area (Å²) in [6.07, 6.45) is 2.18. The van der Waals surface area contributed by atoms with E-state index in [2.05, 4.69) is 34.9 Å². The van der Waals surface area contributed by atoms with Crippen molar-refractivity contribution in [2.24, 2.45) is 0 Å². The third-order valence-corrected chi connectivity index (χ3v) is 8.42. The maximum atomic E-state index is 13.3. The number of benzene rings is 3. The Bertz CT molecular complexity index is 1260. The molecule has 1 aliphatic heterocycles. The van der Waals surface area contributed by atoms with Crippen LogP contribution in [0.3, 0.4) is 0 Å². The Hall–Kier alpha value is -2.29. The highest BCUT2D eigenvalue weighted by Crippen LogP contribution is 2.30. The van der Waals surface area contributed by atoms with Crippen molar-refractivity contribution in [1.82, 2.24) is 10.6 Å². The maximum Gasteiger partial charge on any atom is 0.264 e.